The predicted octanol–water partition coefficient (Wildman–Crippen LogP) is 2.12. The average molecular weight is 301 g/mol. The third-order valence-corrected chi connectivity index (χ3v) is 3.34. The fraction of sp³-hybridized carbons (Fsp3) is 0.312. The minimum atomic E-state index is -1.08. The maximum atomic E-state index is 12.2. The number of hydrogen-bond acceptors (Lipinski definition) is 3. The molecule has 22 heavy (non-hydrogen) atoms. The van der Waals surface area contributed by atoms with Crippen LogP contribution in [0.3, 0.4) is 0 Å². The molecule has 0 bridgehead atoms. The second-order valence-corrected chi connectivity index (χ2v) is 5.37. The van der Waals surface area contributed by atoms with Crippen molar-refractivity contribution in [2.45, 2.75) is 26.7 Å². The van der Waals surface area contributed by atoms with E-state index in [1.165, 1.54) is 6.20 Å². The Balaban J connectivity index is 2.44. The average Bonchev–Trinajstić information content (AvgIpc) is 2.90. The minimum Gasteiger partial charge on any atom is -0.480 e. The lowest BCUT2D eigenvalue weighted by Crippen LogP contribution is -2.30. The normalized spacial score (nSPS) is 10.7. The van der Waals surface area contributed by atoms with Crippen LogP contribution in [-0.4, -0.2) is 33.3 Å². The molecule has 116 valence electrons. The fourth-order valence-electron chi connectivity index (χ4n) is 2.33. The van der Waals surface area contributed by atoms with Gasteiger partial charge in [0.05, 0.1) is 23.1 Å². The van der Waals surface area contributed by atoms with Gasteiger partial charge in [-0.1, -0.05) is 32.0 Å². The van der Waals surface area contributed by atoms with E-state index in [1.807, 2.05) is 45.0 Å². The smallest absolute Gasteiger partial charge is 0.322 e. The maximum Gasteiger partial charge on any atom is 0.322 e. The van der Waals surface area contributed by atoms with Gasteiger partial charge in [-0.3, -0.25) is 9.59 Å². The highest BCUT2D eigenvalue weighted by molar-refractivity contribution is 5.96. The van der Waals surface area contributed by atoms with Crippen molar-refractivity contribution in [3.8, 4) is 5.69 Å². The topological polar surface area (TPSA) is 84.2 Å². The first kappa shape index (κ1) is 15.8. The number of aliphatic carboxylic acids is 1. The van der Waals surface area contributed by atoms with Gasteiger partial charge in [0, 0.05) is 0 Å². The van der Waals surface area contributed by atoms with E-state index in [0.29, 0.717) is 5.56 Å². The van der Waals surface area contributed by atoms with Gasteiger partial charge < -0.3 is 10.4 Å². The van der Waals surface area contributed by atoms with Crippen LogP contribution in [0.15, 0.2) is 30.5 Å². The van der Waals surface area contributed by atoms with Crippen molar-refractivity contribution in [1.29, 1.82) is 0 Å². The molecule has 0 spiro atoms. The van der Waals surface area contributed by atoms with Gasteiger partial charge in [0.2, 0.25) is 0 Å². The first-order valence-electron chi connectivity index (χ1n) is 7.05. The molecule has 1 aromatic carbocycles. The molecule has 6 heteroatoms. The molecule has 0 aliphatic heterocycles. The van der Waals surface area contributed by atoms with Crippen molar-refractivity contribution in [2.24, 2.45) is 0 Å². The summed E-state index contributed by atoms with van der Waals surface area (Å²) in [6, 6.07) is 7.77. The molecule has 1 amide bonds. The summed E-state index contributed by atoms with van der Waals surface area (Å²) >= 11 is 0. The lowest BCUT2D eigenvalue weighted by atomic mass is 10.0. The number of nitrogens with one attached hydrogen (secondary N) is 1. The van der Waals surface area contributed by atoms with Crippen LogP contribution in [0.1, 0.15) is 41.4 Å². The summed E-state index contributed by atoms with van der Waals surface area (Å²) in [5, 5.41) is 15.4. The van der Waals surface area contributed by atoms with Gasteiger partial charge in [-0.25, -0.2) is 4.68 Å². The minimum absolute atomic E-state index is 0.0627. The molecule has 0 aliphatic rings. The molecular formula is C16H19N3O3. The van der Waals surface area contributed by atoms with Crippen LogP contribution >= 0.6 is 0 Å². The third-order valence-electron chi connectivity index (χ3n) is 3.34. The number of benzene rings is 1. The zero-order valence-electron chi connectivity index (χ0n) is 12.8. The van der Waals surface area contributed by atoms with Crippen LogP contribution in [0.5, 0.6) is 0 Å². The van der Waals surface area contributed by atoms with Crippen LogP contribution in [0.4, 0.5) is 0 Å². The molecule has 0 unspecified atom stereocenters. The first-order chi connectivity index (χ1) is 10.4. The van der Waals surface area contributed by atoms with Gasteiger partial charge in [0.15, 0.2) is 0 Å². The summed E-state index contributed by atoms with van der Waals surface area (Å²) in [6.07, 6.45) is 1.49. The Labute approximate surface area is 128 Å². The molecule has 0 saturated carbocycles. The number of aromatic nitrogens is 2. The van der Waals surface area contributed by atoms with E-state index in [1.54, 1.807) is 4.68 Å². The van der Waals surface area contributed by atoms with E-state index in [-0.39, 0.29) is 5.92 Å². The number of aryl methyl sites for hydroxylation is 1. The van der Waals surface area contributed by atoms with E-state index < -0.39 is 18.4 Å². The number of amides is 1. The molecule has 0 saturated heterocycles. The SMILES string of the molecule is Cc1ccccc1-n1ncc(C(=O)NCC(=O)O)c1C(C)C. The van der Waals surface area contributed by atoms with Crippen molar-refractivity contribution < 1.29 is 14.7 Å². The first-order valence-corrected chi connectivity index (χ1v) is 7.05. The zero-order valence-corrected chi connectivity index (χ0v) is 12.8. The Hall–Kier alpha value is -2.63. The monoisotopic (exact) mass is 301 g/mol. The molecule has 0 radical (unpaired) electrons. The van der Waals surface area contributed by atoms with Crippen molar-refractivity contribution in [1.82, 2.24) is 15.1 Å². The highest BCUT2D eigenvalue weighted by Gasteiger charge is 2.21. The lowest BCUT2D eigenvalue weighted by molar-refractivity contribution is -0.135. The molecule has 1 aromatic heterocycles. The Kier molecular flexibility index (Phi) is 4.60. The van der Waals surface area contributed by atoms with Gasteiger partial charge in [0.25, 0.3) is 5.91 Å². The highest BCUT2D eigenvalue weighted by Crippen LogP contribution is 2.24. The third kappa shape index (κ3) is 3.16. The summed E-state index contributed by atoms with van der Waals surface area (Å²) in [4.78, 5) is 22.8. The number of carbonyl (C=O) groups excluding carboxylic acids is 1. The van der Waals surface area contributed by atoms with Gasteiger partial charge in [0.1, 0.15) is 6.54 Å². The van der Waals surface area contributed by atoms with E-state index >= 15 is 0 Å². The molecule has 1 heterocycles. The van der Waals surface area contributed by atoms with Crippen molar-refractivity contribution in [3.63, 3.8) is 0 Å². The van der Waals surface area contributed by atoms with Crippen LogP contribution in [0, 0.1) is 6.92 Å². The van der Waals surface area contributed by atoms with Gasteiger partial charge >= 0.3 is 5.97 Å². The maximum absolute atomic E-state index is 12.2. The van der Waals surface area contributed by atoms with Crippen LogP contribution < -0.4 is 5.32 Å². The Morgan fingerprint density at radius 2 is 2.00 bits per heavy atom. The molecule has 0 aliphatic carbocycles. The fourth-order valence-corrected chi connectivity index (χ4v) is 2.33. The highest BCUT2D eigenvalue weighted by atomic mass is 16.4. The molecule has 2 N–H and O–H groups in total. The molecule has 2 rings (SSSR count). The Bertz CT molecular complexity index is 704. The summed E-state index contributed by atoms with van der Waals surface area (Å²) in [7, 11) is 0. The molecule has 0 atom stereocenters. The Morgan fingerprint density at radius 1 is 1.32 bits per heavy atom. The zero-order chi connectivity index (χ0) is 16.3. The van der Waals surface area contributed by atoms with Crippen LogP contribution in [0.25, 0.3) is 5.69 Å². The second-order valence-electron chi connectivity index (χ2n) is 5.37. The lowest BCUT2D eigenvalue weighted by Gasteiger charge is -2.14. The molecule has 6 nitrogen and oxygen atoms in total. The quantitative estimate of drug-likeness (QED) is 0.886. The molecule has 2 aromatic rings. The molecule has 0 fully saturated rings. The van der Waals surface area contributed by atoms with Crippen LogP contribution in [-0.2, 0) is 4.79 Å². The van der Waals surface area contributed by atoms with Crippen molar-refractivity contribution in [2.75, 3.05) is 6.54 Å². The van der Waals surface area contributed by atoms with Gasteiger partial charge in [-0.2, -0.15) is 5.10 Å². The van der Waals surface area contributed by atoms with E-state index in [2.05, 4.69) is 10.4 Å². The van der Waals surface area contributed by atoms with Crippen LogP contribution in [0.2, 0.25) is 0 Å². The Morgan fingerprint density at radius 3 is 2.59 bits per heavy atom. The van der Waals surface area contributed by atoms with Gasteiger partial charge in [-0.15, -0.1) is 0 Å². The predicted molar refractivity (Wildman–Crippen MR) is 82.4 cm³/mol. The number of para-hydroxylation sites is 1. The summed E-state index contributed by atoms with van der Waals surface area (Å²) < 4.78 is 1.75. The van der Waals surface area contributed by atoms with E-state index in [9.17, 15) is 9.59 Å². The molecular weight excluding hydrogens is 282 g/mol. The summed E-state index contributed by atoms with van der Waals surface area (Å²) in [5.74, 6) is -1.44. The van der Waals surface area contributed by atoms with Crippen molar-refractivity contribution in [3.05, 3.63) is 47.3 Å². The van der Waals surface area contributed by atoms with E-state index in [0.717, 1.165) is 16.9 Å². The van der Waals surface area contributed by atoms with Crippen molar-refractivity contribution >= 4 is 11.9 Å². The second kappa shape index (κ2) is 6.43. The van der Waals surface area contributed by atoms with Gasteiger partial charge in [-0.05, 0) is 24.5 Å². The summed E-state index contributed by atoms with van der Waals surface area (Å²) in [5.41, 5.74) is 3.12. The largest absolute Gasteiger partial charge is 0.480 e. The number of carboxylic acid groups (broad SMARTS) is 1. The number of carboxylic acids is 1. The summed E-state index contributed by atoms with van der Waals surface area (Å²) in [6.45, 7) is 5.51. The van der Waals surface area contributed by atoms with E-state index in [4.69, 9.17) is 5.11 Å². The number of hydrogen-bond donors (Lipinski definition) is 2. The number of carbonyl (C=O) groups is 2. The standard InChI is InChI=1S/C16H19N3O3/c1-10(2)15-12(16(22)17-9-14(20)21)8-18-19(15)13-7-5-4-6-11(13)3/h4-8,10H,9H2,1-3H3,(H,17,22)(H,20,21). The number of rotatable bonds is 5. The number of nitrogens with zero attached hydrogens (tertiary/aromatic N) is 2.